The van der Waals surface area contributed by atoms with Crippen molar-refractivity contribution < 1.29 is 4.79 Å². The predicted molar refractivity (Wildman–Crippen MR) is 76.5 cm³/mol. The Morgan fingerprint density at radius 1 is 1.22 bits per heavy atom. The number of rotatable bonds is 3. The molecule has 0 aromatic rings. The molecule has 1 aliphatic rings. The lowest BCUT2D eigenvalue weighted by atomic mass is 9.81. The van der Waals surface area contributed by atoms with E-state index in [1.807, 2.05) is 0 Å². The summed E-state index contributed by atoms with van der Waals surface area (Å²) in [5.41, 5.74) is 0.0851. The van der Waals surface area contributed by atoms with Gasteiger partial charge in [0.1, 0.15) is 0 Å². The van der Waals surface area contributed by atoms with E-state index in [-0.39, 0.29) is 22.9 Å². The first kappa shape index (κ1) is 15.5. The molecule has 0 aromatic heterocycles. The van der Waals surface area contributed by atoms with Crippen LogP contribution >= 0.6 is 0 Å². The molecular weight excluding hydrogens is 224 g/mol. The van der Waals surface area contributed by atoms with Crippen LogP contribution in [0.3, 0.4) is 0 Å². The van der Waals surface area contributed by atoms with Gasteiger partial charge in [0.15, 0.2) is 0 Å². The Kier molecular flexibility index (Phi) is 4.82. The van der Waals surface area contributed by atoms with Crippen molar-refractivity contribution in [2.75, 3.05) is 0 Å². The van der Waals surface area contributed by atoms with E-state index in [1.54, 1.807) is 0 Å². The smallest absolute Gasteiger partial charge is 0.237 e. The number of piperidine rings is 1. The standard InChI is InChI=1S/C15H30N2O/c1-11-8-7-9-12(16-11)13(18)17-15(5,6)10-14(2,3)4/h11-12,16H,7-10H2,1-6H3,(H,17,18). The minimum Gasteiger partial charge on any atom is -0.350 e. The lowest BCUT2D eigenvalue weighted by molar-refractivity contribution is -0.125. The first-order chi connectivity index (χ1) is 8.09. The van der Waals surface area contributed by atoms with Crippen molar-refractivity contribution in [2.45, 2.75) is 84.8 Å². The summed E-state index contributed by atoms with van der Waals surface area (Å²) in [5.74, 6) is 0.163. The summed E-state index contributed by atoms with van der Waals surface area (Å²) < 4.78 is 0. The van der Waals surface area contributed by atoms with Gasteiger partial charge in [0.25, 0.3) is 0 Å². The van der Waals surface area contributed by atoms with Gasteiger partial charge in [-0.15, -0.1) is 0 Å². The van der Waals surface area contributed by atoms with Gasteiger partial charge in [-0.05, 0) is 51.9 Å². The van der Waals surface area contributed by atoms with Crippen LogP contribution in [0.2, 0.25) is 0 Å². The van der Waals surface area contributed by atoms with Crippen molar-refractivity contribution >= 4 is 5.91 Å². The van der Waals surface area contributed by atoms with E-state index in [1.165, 1.54) is 6.42 Å². The fourth-order valence-electron chi connectivity index (χ4n) is 3.14. The van der Waals surface area contributed by atoms with Gasteiger partial charge in [0, 0.05) is 11.6 Å². The van der Waals surface area contributed by atoms with Crippen LogP contribution in [0.1, 0.15) is 67.2 Å². The lowest BCUT2D eigenvalue weighted by Crippen LogP contribution is -2.55. The SMILES string of the molecule is CC1CCCC(C(=O)NC(C)(C)CC(C)(C)C)N1. The zero-order valence-corrected chi connectivity index (χ0v) is 12.9. The molecule has 106 valence electrons. The average molecular weight is 254 g/mol. The zero-order chi connectivity index (χ0) is 14.0. The summed E-state index contributed by atoms with van der Waals surface area (Å²) in [5, 5.41) is 6.59. The molecule has 1 amide bonds. The number of nitrogens with one attached hydrogen (secondary N) is 2. The van der Waals surface area contributed by atoms with Crippen LogP contribution in [0, 0.1) is 5.41 Å². The Hall–Kier alpha value is -0.570. The zero-order valence-electron chi connectivity index (χ0n) is 12.9. The topological polar surface area (TPSA) is 41.1 Å². The molecule has 1 fully saturated rings. The van der Waals surface area contributed by atoms with Gasteiger partial charge in [0.05, 0.1) is 6.04 Å². The first-order valence-electron chi connectivity index (χ1n) is 7.17. The molecule has 0 aliphatic carbocycles. The van der Waals surface area contributed by atoms with E-state index >= 15 is 0 Å². The molecule has 1 saturated heterocycles. The van der Waals surface area contributed by atoms with Crippen LogP contribution in [0.25, 0.3) is 0 Å². The molecular formula is C15H30N2O. The summed E-state index contributed by atoms with van der Waals surface area (Å²) in [6.07, 6.45) is 4.26. The molecule has 2 N–H and O–H groups in total. The van der Waals surface area contributed by atoms with Crippen LogP contribution in [-0.2, 0) is 4.79 Å². The number of carbonyl (C=O) groups is 1. The van der Waals surface area contributed by atoms with Crippen LogP contribution in [0.5, 0.6) is 0 Å². The van der Waals surface area contributed by atoms with Crippen LogP contribution in [0.4, 0.5) is 0 Å². The number of carbonyl (C=O) groups excluding carboxylic acids is 1. The maximum Gasteiger partial charge on any atom is 0.237 e. The minimum absolute atomic E-state index is 0.00649. The normalized spacial score (nSPS) is 25.9. The van der Waals surface area contributed by atoms with E-state index in [4.69, 9.17) is 0 Å². The summed E-state index contributed by atoms with van der Waals surface area (Å²) in [6.45, 7) is 13.0. The van der Waals surface area contributed by atoms with Crippen LogP contribution in [0.15, 0.2) is 0 Å². The molecule has 0 radical (unpaired) electrons. The van der Waals surface area contributed by atoms with Crippen molar-refractivity contribution in [3.8, 4) is 0 Å². The molecule has 0 spiro atoms. The second kappa shape index (κ2) is 5.60. The molecule has 3 nitrogen and oxygen atoms in total. The van der Waals surface area contributed by atoms with Crippen molar-refractivity contribution in [1.29, 1.82) is 0 Å². The Labute approximate surface area is 112 Å². The predicted octanol–water partition coefficient (Wildman–Crippen LogP) is 2.85. The molecule has 2 atom stereocenters. The van der Waals surface area contributed by atoms with E-state index < -0.39 is 0 Å². The molecule has 0 saturated carbocycles. The monoisotopic (exact) mass is 254 g/mol. The second-order valence-corrected chi connectivity index (χ2v) is 7.66. The van der Waals surface area contributed by atoms with E-state index in [0.29, 0.717) is 6.04 Å². The van der Waals surface area contributed by atoms with Gasteiger partial charge in [-0.1, -0.05) is 20.8 Å². The van der Waals surface area contributed by atoms with Crippen molar-refractivity contribution in [3.05, 3.63) is 0 Å². The minimum atomic E-state index is -0.141. The highest BCUT2D eigenvalue weighted by molar-refractivity contribution is 5.82. The molecule has 0 bridgehead atoms. The highest BCUT2D eigenvalue weighted by Gasteiger charge is 2.31. The summed E-state index contributed by atoms with van der Waals surface area (Å²) in [7, 11) is 0. The fraction of sp³-hybridized carbons (Fsp3) is 0.933. The highest BCUT2D eigenvalue weighted by Crippen LogP contribution is 2.27. The second-order valence-electron chi connectivity index (χ2n) is 7.66. The maximum absolute atomic E-state index is 12.3. The Morgan fingerprint density at radius 2 is 1.83 bits per heavy atom. The fourth-order valence-corrected chi connectivity index (χ4v) is 3.14. The van der Waals surface area contributed by atoms with Crippen molar-refractivity contribution in [1.82, 2.24) is 10.6 Å². The van der Waals surface area contributed by atoms with E-state index in [9.17, 15) is 4.79 Å². The Bertz CT molecular complexity index is 291. The third kappa shape index (κ3) is 5.38. The Morgan fingerprint density at radius 3 is 2.33 bits per heavy atom. The third-order valence-corrected chi connectivity index (χ3v) is 3.37. The van der Waals surface area contributed by atoms with Gasteiger partial charge in [-0.2, -0.15) is 0 Å². The van der Waals surface area contributed by atoms with Gasteiger partial charge in [-0.25, -0.2) is 0 Å². The molecule has 0 aromatic carbocycles. The number of hydrogen-bond acceptors (Lipinski definition) is 2. The summed E-state index contributed by atoms with van der Waals surface area (Å²) >= 11 is 0. The van der Waals surface area contributed by atoms with Crippen molar-refractivity contribution in [3.63, 3.8) is 0 Å². The van der Waals surface area contributed by atoms with Crippen LogP contribution < -0.4 is 10.6 Å². The highest BCUT2D eigenvalue weighted by atomic mass is 16.2. The number of amides is 1. The Balaban J connectivity index is 2.52. The largest absolute Gasteiger partial charge is 0.350 e. The molecule has 3 heteroatoms. The van der Waals surface area contributed by atoms with Crippen LogP contribution in [-0.4, -0.2) is 23.5 Å². The molecule has 1 aliphatic heterocycles. The maximum atomic E-state index is 12.3. The van der Waals surface area contributed by atoms with Gasteiger partial charge in [0.2, 0.25) is 5.91 Å². The van der Waals surface area contributed by atoms with Gasteiger partial charge in [-0.3, -0.25) is 4.79 Å². The quantitative estimate of drug-likeness (QED) is 0.813. The molecule has 2 unspecified atom stereocenters. The van der Waals surface area contributed by atoms with Crippen molar-refractivity contribution in [2.24, 2.45) is 5.41 Å². The molecule has 1 rings (SSSR count). The summed E-state index contributed by atoms with van der Waals surface area (Å²) in [4.78, 5) is 12.3. The molecule has 1 heterocycles. The number of hydrogen-bond donors (Lipinski definition) is 2. The molecule has 18 heavy (non-hydrogen) atoms. The van der Waals surface area contributed by atoms with E-state index in [0.717, 1.165) is 19.3 Å². The lowest BCUT2D eigenvalue weighted by Gasteiger charge is -2.36. The van der Waals surface area contributed by atoms with E-state index in [2.05, 4.69) is 52.2 Å². The third-order valence-electron chi connectivity index (χ3n) is 3.37. The van der Waals surface area contributed by atoms with Gasteiger partial charge >= 0.3 is 0 Å². The average Bonchev–Trinajstić information content (AvgIpc) is 2.12. The van der Waals surface area contributed by atoms with Gasteiger partial charge < -0.3 is 10.6 Å². The first-order valence-corrected chi connectivity index (χ1v) is 7.17. The summed E-state index contributed by atoms with van der Waals surface area (Å²) in [6, 6.07) is 0.452.